The van der Waals surface area contributed by atoms with Crippen molar-refractivity contribution in [1.82, 2.24) is 34.3 Å². The van der Waals surface area contributed by atoms with Crippen molar-refractivity contribution in [3.8, 4) is 0 Å². The number of piperidine rings is 2. The molecule has 0 radical (unpaired) electrons. The molecule has 12 heteroatoms. The Morgan fingerprint density at radius 3 is 2.47 bits per heavy atom. The Balaban J connectivity index is 1.20. The molecule has 1 aromatic carbocycles. The molecule has 2 aliphatic rings. The molecule has 2 atom stereocenters. The van der Waals surface area contributed by atoms with E-state index in [4.69, 9.17) is 9.84 Å². The van der Waals surface area contributed by atoms with Crippen LogP contribution in [0.4, 0.5) is 5.69 Å². The number of likely N-dealkylation sites (tertiary alicyclic amines) is 2. The average molecular weight is 687 g/mol. The van der Waals surface area contributed by atoms with Crippen molar-refractivity contribution in [3.05, 3.63) is 48.5 Å². The van der Waals surface area contributed by atoms with Crippen LogP contribution in [0.25, 0.3) is 21.8 Å². The molecule has 49 heavy (non-hydrogen) atoms. The number of nitrogens with one attached hydrogen (secondary N) is 1. The zero-order valence-electron chi connectivity index (χ0n) is 30.8. The largest absolute Gasteiger partial charge is 0.360 e. The maximum Gasteiger partial charge on any atom is 0.314 e. The summed E-state index contributed by atoms with van der Waals surface area (Å²) < 4.78 is 9.82. The van der Waals surface area contributed by atoms with Gasteiger partial charge in [0.1, 0.15) is 6.73 Å². The van der Waals surface area contributed by atoms with Crippen molar-refractivity contribution in [3.63, 3.8) is 0 Å². The predicted octanol–water partition coefficient (Wildman–Crippen LogP) is 6.86. The van der Waals surface area contributed by atoms with E-state index < -0.39 is 19.9 Å². The lowest BCUT2D eigenvalue weighted by Crippen LogP contribution is -2.58. The Morgan fingerprint density at radius 1 is 1.02 bits per heavy atom. The molecule has 5 heterocycles. The van der Waals surface area contributed by atoms with E-state index in [9.17, 15) is 9.59 Å². The minimum atomic E-state index is -1.23. The highest BCUT2D eigenvalue weighted by molar-refractivity contribution is 6.76. The third-order valence-corrected chi connectivity index (χ3v) is 12.6. The first-order valence-electron chi connectivity index (χ1n) is 17.7. The van der Waals surface area contributed by atoms with Crippen LogP contribution in [0.15, 0.2) is 43.0 Å². The van der Waals surface area contributed by atoms with Crippen molar-refractivity contribution >= 4 is 47.4 Å². The fourth-order valence-corrected chi connectivity index (χ4v) is 8.50. The summed E-state index contributed by atoms with van der Waals surface area (Å²) in [5.41, 5.74) is 3.16. The molecule has 1 N–H and O–H groups in total. The van der Waals surface area contributed by atoms with Gasteiger partial charge in [-0.25, -0.2) is 4.68 Å². The number of pyridine rings is 1. The molecular formula is C37H54N8O3Si. The molecule has 0 aliphatic carbocycles. The van der Waals surface area contributed by atoms with E-state index in [2.05, 4.69) is 111 Å². The number of ether oxygens (including phenoxy) is 1. The number of benzene rings is 1. The number of hydrogen-bond donors (Lipinski definition) is 1. The van der Waals surface area contributed by atoms with Gasteiger partial charge in [0.25, 0.3) is 0 Å². The third-order valence-electron chi connectivity index (χ3n) is 10.9. The third kappa shape index (κ3) is 7.46. The molecule has 0 bridgehead atoms. The first-order chi connectivity index (χ1) is 23.0. The summed E-state index contributed by atoms with van der Waals surface area (Å²) in [6.45, 7) is 19.7. The molecule has 6 rings (SSSR count). The summed E-state index contributed by atoms with van der Waals surface area (Å²) >= 11 is 0. The van der Waals surface area contributed by atoms with E-state index in [0.717, 1.165) is 53.6 Å². The zero-order valence-corrected chi connectivity index (χ0v) is 31.8. The summed E-state index contributed by atoms with van der Waals surface area (Å²) in [5, 5.41) is 14.3. The monoisotopic (exact) mass is 686 g/mol. The lowest BCUT2D eigenvalue weighted by Gasteiger charge is -2.53. The molecule has 11 nitrogen and oxygen atoms in total. The summed E-state index contributed by atoms with van der Waals surface area (Å²) in [6, 6.07) is 7.44. The smallest absolute Gasteiger partial charge is 0.314 e. The molecule has 3 aromatic heterocycles. The van der Waals surface area contributed by atoms with Crippen LogP contribution < -0.4 is 5.32 Å². The molecule has 2 saturated heterocycles. The van der Waals surface area contributed by atoms with Gasteiger partial charge in [0.05, 0.1) is 41.2 Å². The van der Waals surface area contributed by atoms with Crippen LogP contribution in [0, 0.1) is 5.92 Å². The molecule has 0 spiro atoms. The Bertz CT molecular complexity index is 1820. The molecular weight excluding hydrogens is 633 g/mol. The van der Waals surface area contributed by atoms with Gasteiger partial charge in [-0.15, -0.1) is 0 Å². The fraction of sp³-hybridized carbons (Fsp3) is 0.595. The number of rotatable bonds is 8. The van der Waals surface area contributed by atoms with Crippen molar-refractivity contribution in [2.24, 2.45) is 5.92 Å². The SMILES string of the molecule is C[C@H]1CC[C@H](c2ccc3cn(C4CC(C)(C)N(C)C(C)(C)C4)nc3c2)N(C(=O)C(=O)Nc2cncc3cnn(COCC[Si](C)(C)C)c23)C1. The Labute approximate surface area is 291 Å². The van der Waals surface area contributed by atoms with Gasteiger partial charge in [-0.05, 0) is 84.0 Å². The molecule has 0 unspecified atom stereocenters. The normalized spacial score (nSPS) is 21.8. The molecule has 2 amide bonds. The summed E-state index contributed by atoms with van der Waals surface area (Å²) in [7, 11) is 0.989. The Hall–Kier alpha value is -3.61. The highest BCUT2D eigenvalue weighted by Crippen LogP contribution is 2.43. The van der Waals surface area contributed by atoms with Gasteiger partial charge < -0.3 is 15.0 Å². The van der Waals surface area contributed by atoms with Gasteiger partial charge in [0.2, 0.25) is 0 Å². The van der Waals surface area contributed by atoms with Crippen LogP contribution in [0.2, 0.25) is 25.7 Å². The maximum absolute atomic E-state index is 13.9. The van der Waals surface area contributed by atoms with Crippen molar-refractivity contribution in [2.75, 3.05) is 25.5 Å². The van der Waals surface area contributed by atoms with Crippen molar-refractivity contribution in [1.29, 1.82) is 0 Å². The Morgan fingerprint density at radius 2 is 1.76 bits per heavy atom. The highest BCUT2D eigenvalue weighted by Gasteiger charge is 2.44. The van der Waals surface area contributed by atoms with Crippen LogP contribution >= 0.6 is 0 Å². The minimum absolute atomic E-state index is 0.0538. The van der Waals surface area contributed by atoms with E-state index in [1.54, 1.807) is 28.2 Å². The van der Waals surface area contributed by atoms with Crippen molar-refractivity contribution < 1.29 is 14.3 Å². The second-order valence-electron chi connectivity index (χ2n) is 16.9. The van der Waals surface area contributed by atoms with Crippen LogP contribution in [0.3, 0.4) is 0 Å². The Kier molecular flexibility index (Phi) is 9.53. The highest BCUT2D eigenvalue weighted by atomic mass is 28.3. The number of carbonyl (C=O) groups excluding carboxylic acids is 2. The van der Waals surface area contributed by atoms with Crippen LogP contribution in [-0.4, -0.2) is 85.5 Å². The number of fused-ring (bicyclic) bond motifs is 2. The predicted molar refractivity (Wildman–Crippen MR) is 197 cm³/mol. The van der Waals surface area contributed by atoms with Crippen LogP contribution in [-0.2, 0) is 21.1 Å². The standard InChI is InChI=1S/C37H54N8O3Si/c1-25-10-13-32(26-11-12-27-23-44(41-30(27)16-26)29-17-36(2,3)42(6)37(4,5)18-29)43(22-25)35(47)34(46)40-31-21-38-19-28-20-39-45(33(28)31)24-48-14-15-49(7,8)9/h11-12,16,19-21,23,25,29,32H,10,13-15,17-18,22,24H2,1-9H3,(H,40,46)/t25-,32+/m0/s1. The number of carbonyl (C=O) groups is 2. The zero-order chi connectivity index (χ0) is 35.3. The molecule has 4 aromatic rings. The number of amides is 2. The second kappa shape index (κ2) is 13.3. The van der Waals surface area contributed by atoms with Gasteiger partial charge in [0.15, 0.2) is 0 Å². The first kappa shape index (κ1) is 35.2. The number of anilines is 1. The lowest BCUT2D eigenvalue weighted by atomic mass is 9.77. The average Bonchev–Trinajstić information content (AvgIpc) is 3.65. The number of nitrogens with zero attached hydrogens (tertiary/aromatic N) is 7. The van der Waals surface area contributed by atoms with Crippen molar-refractivity contribution in [2.45, 2.75) is 116 Å². The topological polar surface area (TPSA) is 110 Å². The van der Waals surface area contributed by atoms with Gasteiger partial charge in [-0.1, -0.05) is 38.7 Å². The quantitative estimate of drug-likeness (QED) is 0.123. The van der Waals surface area contributed by atoms with Crippen LogP contribution in [0.5, 0.6) is 0 Å². The second-order valence-corrected chi connectivity index (χ2v) is 22.5. The van der Waals surface area contributed by atoms with E-state index in [-0.39, 0.29) is 29.8 Å². The van der Waals surface area contributed by atoms with Gasteiger partial charge >= 0.3 is 11.8 Å². The van der Waals surface area contributed by atoms with Gasteiger partial charge in [-0.2, -0.15) is 10.2 Å². The minimum Gasteiger partial charge on any atom is -0.360 e. The molecule has 0 saturated carbocycles. The number of hydrogen-bond acceptors (Lipinski definition) is 7. The summed E-state index contributed by atoms with van der Waals surface area (Å²) in [4.78, 5) is 36.1. The molecule has 2 fully saturated rings. The van der Waals surface area contributed by atoms with Crippen LogP contribution in [0.1, 0.15) is 77.9 Å². The van der Waals surface area contributed by atoms with E-state index in [1.807, 2.05) is 0 Å². The van der Waals surface area contributed by atoms with Gasteiger partial charge in [-0.3, -0.25) is 24.2 Å². The first-order valence-corrected chi connectivity index (χ1v) is 21.5. The van der Waals surface area contributed by atoms with E-state index in [0.29, 0.717) is 30.4 Å². The summed E-state index contributed by atoms with van der Waals surface area (Å²) in [5.74, 6) is -0.946. The number of aromatic nitrogens is 5. The molecule has 264 valence electrons. The lowest BCUT2D eigenvalue weighted by molar-refractivity contribution is -0.146. The fourth-order valence-electron chi connectivity index (χ4n) is 7.74. The van der Waals surface area contributed by atoms with E-state index in [1.165, 1.54) is 0 Å². The van der Waals surface area contributed by atoms with E-state index >= 15 is 0 Å². The summed E-state index contributed by atoms with van der Waals surface area (Å²) in [6.07, 6.45) is 10.9. The maximum atomic E-state index is 13.9. The van der Waals surface area contributed by atoms with Gasteiger partial charge in [0, 0.05) is 55.5 Å². The molecule has 2 aliphatic heterocycles.